The number of ether oxygens (including phenoxy) is 2. The predicted octanol–water partition coefficient (Wildman–Crippen LogP) is -1.84. The smallest absolute Gasteiger partial charge is 0.229 e. The van der Waals surface area contributed by atoms with E-state index in [1.807, 2.05) is 0 Å². The van der Waals surface area contributed by atoms with Gasteiger partial charge in [0.2, 0.25) is 5.91 Å². The van der Waals surface area contributed by atoms with Crippen LogP contribution in [0.3, 0.4) is 0 Å². The monoisotopic (exact) mass is 252 g/mol. The van der Waals surface area contributed by atoms with Gasteiger partial charge in [-0.15, -0.1) is 0 Å². The quantitative estimate of drug-likeness (QED) is 0.540. The number of carboxylic acids is 1. The van der Waals surface area contributed by atoms with Gasteiger partial charge >= 0.3 is 0 Å². The van der Waals surface area contributed by atoms with Crippen molar-refractivity contribution >= 4 is 11.9 Å². The molecule has 0 spiro atoms. The van der Waals surface area contributed by atoms with Crippen molar-refractivity contribution in [3.05, 3.63) is 12.2 Å². The van der Waals surface area contributed by atoms with Crippen LogP contribution >= 0.6 is 0 Å². The van der Waals surface area contributed by atoms with Crippen LogP contribution in [0, 0.1) is 11.8 Å². The second-order valence-corrected chi connectivity index (χ2v) is 4.76. The molecule has 6 heteroatoms. The summed E-state index contributed by atoms with van der Waals surface area (Å²) in [5.74, 6) is -2.89. The molecule has 2 bridgehead atoms. The van der Waals surface area contributed by atoms with Crippen LogP contribution in [0.4, 0.5) is 0 Å². The van der Waals surface area contributed by atoms with Crippen molar-refractivity contribution in [3.63, 3.8) is 0 Å². The van der Waals surface area contributed by atoms with E-state index in [1.54, 1.807) is 17.1 Å². The van der Waals surface area contributed by atoms with Crippen LogP contribution < -0.4 is 5.11 Å². The zero-order valence-corrected chi connectivity index (χ0v) is 9.78. The van der Waals surface area contributed by atoms with Gasteiger partial charge in [-0.05, 0) is 0 Å². The summed E-state index contributed by atoms with van der Waals surface area (Å²) in [4.78, 5) is 25.2. The summed E-state index contributed by atoms with van der Waals surface area (Å²) in [5, 5.41) is 11.2. The number of hydrogen-bond acceptors (Lipinski definition) is 5. The van der Waals surface area contributed by atoms with Crippen molar-refractivity contribution in [1.29, 1.82) is 0 Å². The van der Waals surface area contributed by atoms with Crippen LogP contribution in [0.25, 0.3) is 0 Å². The topological polar surface area (TPSA) is 78.9 Å². The van der Waals surface area contributed by atoms with Gasteiger partial charge < -0.3 is 24.3 Å². The minimum Gasteiger partial charge on any atom is -0.550 e. The van der Waals surface area contributed by atoms with Crippen LogP contribution in [-0.2, 0) is 19.1 Å². The molecule has 0 unspecified atom stereocenters. The molecule has 3 rings (SSSR count). The fraction of sp³-hybridized carbons (Fsp3) is 0.667. The first-order chi connectivity index (χ1) is 8.68. The van der Waals surface area contributed by atoms with Gasteiger partial charge in [-0.2, -0.15) is 0 Å². The van der Waals surface area contributed by atoms with Gasteiger partial charge in [0.05, 0.1) is 31.3 Å². The summed E-state index contributed by atoms with van der Waals surface area (Å²) in [5.41, 5.74) is 0. The van der Waals surface area contributed by atoms with E-state index in [1.165, 1.54) is 0 Å². The summed E-state index contributed by atoms with van der Waals surface area (Å²) in [7, 11) is 0. The third-order valence-corrected chi connectivity index (χ3v) is 3.78. The largest absolute Gasteiger partial charge is 0.550 e. The maximum Gasteiger partial charge on any atom is 0.229 e. The van der Waals surface area contributed by atoms with Gasteiger partial charge in [-0.25, -0.2) is 0 Å². The van der Waals surface area contributed by atoms with Crippen LogP contribution in [0.2, 0.25) is 0 Å². The Balaban J connectivity index is 1.79. The Kier molecular flexibility index (Phi) is 2.83. The molecule has 3 heterocycles. The molecule has 0 aromatic carbocycles. The Morgan fingerprint density at radius 2 is 1.72 bits per heavy atom. The fourth-order valence-electron chi connectivity index (χ4n) is 2.88. The van der Waals surface area contributed by atoms with Crippen molar-refractivity contribution in [3.8, 4) is 0 Å². The number of nitrogens with zero attached hydrogens (tertiary/aromatic N) is 1. The van der Waals surface area contributed by atoms with E-state index in [2.05, 4.69) is 0 Å². The van der Waals surface area contributed by atoms with E-state index in [-0.39, 0.29) is 5.91 Å². The summed E-state index contributed by atoms with van der Waals surface area (Å²) in [6.07, 6.45) is 2.53. The minimum absolute atomic E-state index is 0.163. The number of amides is 1. The third kappa shape index (κ3) is 1.72. The molecule has 0 aromatic heterocycles. The van der Waals surface area contributed by atoms with E-state index >= 15 is 0 Å². The third-order valence-electron chi connectivity index (χ3n) is 3.78. The Bertz CT molecular complexity index is 401. The zero-order chi connectivity index (χ0) is 12.7. The summed E-state index contributed by atoms with van der Waals surface area (Å²) in [6.45, 7) is 2.02. The van der Waals surface area contributed by atoms with Gasteiger partial charge in [-0.1, -0.05) is 12.2 Å². The van der Waals surface area contributed by atoms with E-state index in [0.717, 1.165) is 0 Å². The lowest BCUT2D eigenvalue weighted by atomic mass is 9.82. The number of carbonyl (C=O) groups is 2. The number of aliphatic carboxylic acids is 1. The molecule has 0 aromatic rings. The number of rotatable bonds is 2. The van der Waals surface area contributed by atoms with Crippen LogP contribution in [-0.4, -0.2) is 55.3 Å². The minimum atomic E-state index is -1.21. The van der Waals surface area contributed by atoms with E-state index in [4.69, 9.17) is 9.47 Å². The molecule has 18 heavy (non-hydrogen) atoms. The molecule has 0 radical (unpaired) electrons. The first-order valence-electron chi connectivity index (χ1n) is 6.09. The summed E-state index contributed by atoms with van der Waals surface area (Å²) < 4.78 is 10.6. The van der Waals surface area contributed by atoms with Crippen molar-refractivity contribution in [2.75, 3.05) is 26.3 Å². The average molecular weight is 252 g/mol. The van der Waals surface area contributed by atoms with Gasteiger partial charge in [0.15, 0.2) is 0 Å². The van der Waals surface area contributed by atoms with Crippen LogP contribution in [0.15, 0.2) is 12.2 Å². The van der Waals surface area contributed by atoms with Crippen molar-refractivity contribution in [2.45, 2.75) is 12.2 Å². The molecule has 0 N–H and O–H groups in total. The van der Waals surface area contributed by atoms with E-state index < -0.39 is 30.0 Å². The average Bonchev–Trinajstić information content (AvgIpc) is 2.99. The molecule has 0 aliphatic carbocycles. The molecule has 4 atom stereocenters. The highest BCUT2D eigenvalue weighted by Gasteiger charge is 2.51. The molecule has 6 nitrogen and oxygen atoms in total. The molecule has 1 amide bonds. The Morgan fingerprint density at radius 1 is 1.11 bits per heavy atom. The Labute approximate surface area is 104 Å². The maximum atomic E-state index is 12.4. The molecule has 2 fully saturated rings. The maximum absolute atomic E-state index is 12.4. The highest BCUT2D eigenvalue weighted by molar-refractivity contribution is 5.86. The van der Waals surface area contributed by atoms with E-state index in [0.29, 0.717) is 26.3 Å². The Hall–Kier alpha value is -1.40. The molecule has 3 aliphatic rings. The molecular weight excluding hydrogens is 238 g/mol. The second kappa shape index (κ2) is 4.37. The number of fused-ring (bicyclic) bond motifs is 2. The zero-order valence-electron chi connectivity index (χ0n) is 9.78. The van der Waals surface area contributed by atoms with Crippen molar-refractivity contribution in [1.82, 2.24) is 4.90 Å². The molecular formula is C12H14NO5-. The summed E-state index contributed by atoms with van der Waals surface area (Å²) >= 11 is 0. The molecule has 98 valence electrons. The molecule has 2 saturated heterocycles. The number of carboxylic acid groups (broad SMARTS) is 1. The van der Waals surface area contributed by atoms with Gasteiger partial charge in [-0.3, -0.25) is 4.79 Å². The molecule has 0 saturated carbocycles. The first-order valence-corrected chi connectivity index (χ1v) is 6.09. The first kappa shape index (κ1) is 11.7. The van der Waals surface area contributed by atoms with Crippen LogP contribution in [0.5, 0.6) is 0 Å². The number of morpholine rings is 1. The normalized spacial score (nSPS) is 38.1. The summed E-state index contributed by atoms with van der Waals surface area (Å²) in [6, 6.07) is 0. The lowest BCUT2D eigenvalue weighted by Gasteiger charge is -2.33. The SMILES string of the molecule is O=C([O-])[C@@H]1[C@@H](C(=O)N2CCOCC2)[C@@H]2C=C[C@H]1O2. The van der Waals surface area contributed by atoms with Crippen molar-refractivity contribution in [2.24, 2.45) is 11.8 Å². The van der Waals surface area contributed by atoms with Gasteiger partial charge in [0, 0.05) is 25.0 Å². The standard InChI is InChI=1S/C12H15NO5/c14-11(13-3-5-17-6-4-13)9-7-1-2-8(18-7)10(9)12(15)16/h1-2,7-10H,3-6H2,(H,15,16)/p-1/t7-,8+,9-,10-/m0/s1. The predicted molar refractivity (Wildman–Crippen MR) is 57.2 cm³/mol. The van der Waals surface area contributed by atoms with Crippen LogP contribution in [0.1, 0.15) is 0 Å². The molecule has 3 aliphatic heterocycles. The fourth-order valence-corrected chi connectivity index (χ4v) is 2.88. The number of hydrogen-bond donors (Lipinski definition) is 0. The van der Waals surface area contributed by atoms with Gasteiger partial charge in [0.25, 0.3) is 0 Å². The van der Waals surface area contributed by atoms with Gasteiger partial charge in [0.1, 0.15) is 0 Å². The van der Waals surface area contributed by atoms with Crippen molar-refractivity contribution < 1.29 is 24.2 Å². The van der Waals surface area contributed by atoms with E-state index in [9.17, 15) is 14.7 Å². The Morgan fingerprint density at radius 3 is 2.33 bits per heavy atom. The lowest BCUT2D eigenvalue weighted by molar-refractivity contribution is -0.313. The number of carbonyl (C=O) groups excluding carboxylic acids is 2. The lowest BCUT2D eigenvalue weighted by Crippen LogP contribution is -2.50. The second-order valence-electron chi connectivity index (χ2n) is 4.76. The highest BCUT2D eigenvalue weighted by atomic mass is 16.5. The highest BCUT2D eigenvalue weighted by Crippen LogP contribution is 2.39.